The second-order valence-electron chi connectivity index (χ2n) is 5.61. The highest BCUT2D eigenvalue weighted by atomic mass is 16.6. The molecule has 128 valence electrons. The minimum atomic E-state index is -2.02. The monoisotopic (exact) mass is 335 g/mol. The van der Waals surface area contributed by atoms with E-state index in [0.717, 1.165) is 0 Å². The summed E-state index contributed by atoms with van der Waals surface area (Å²) in [6.07, 6.45) is -3.63. The molecule has 3 rings (SSSR count). The van der Waals surface area contributed by atoms with Crippen molar-refractivity contribution in [1.82, 2.24) is 19.5 Å². The molecule has 6 N–H and O–H groups in total. The van der Waals surface area contributed by atoms with Crippen LogP contribution in [-0.2, 0) is 4.74 Å². The van der Waals surface area contributed by atoms with Crippen LogP contribution in [-0.4, -0.2) is 58.8 Å². The smallest absolute Gasteiger partial charge is 0.280 e. The Morgan fingerprint density at radius 1 is 1.58 bits per heavy atom. The molecular weight excluding hydrogens is 318 g/mol. The molecular formula is C14H17N5O5. The van der Waals surface area contributed by atoms with E-state index in [4.69, 9.17) is 10.5 Å². The van der Waals surface area contributed by atoms with Crippen LogP contribution in [0.3, 0.4) is 0 Å². The first-order chi connectivity index (χ1) is 11.3. The van der Waals surface area contributed by atoms with Crippen LogP contribution >= 0.6 is 0 Å². The number of aromatic amines is 1. The predicted octanol–water partition coefficient (Wildman–Crippen LogP) is -1.90. The molecule has 0 spiro atoms. The second kappa shape index (κ2) is 5.57. The Kier molecular flexibility index (Phi) is 3.81. The zero-order valence-electron chi connectivity index (χ0n) is 13.0. The lowest BCUT2D eigenvalue weighted by molar-refractivity contribution is -0.0847. The van der Waals surface area contributed by atoms with E-state index >= 15 is 0 Å². The topological polar surface area (TPSA) is 160 Å². The maximum absolute atomic E-state index is 11.9. The molecule has 0 bridgehead atoms. The van der Waals surface area contributed by atoms with Crippen molar-refractivity contribution in [3.63, 3.8) is 0 Å². The van der Waals surface area contributed by atoms with Crippen LogP contribution in [0.5, 0.6) is 0 Å². The van der Waals surface area contributed by atoms with Gasteiger partial charge in [-0.05, 0) is 13.8 Å². The average molecular weight is 335 g/mol. The number of H-pyrrole nitrogens is 1. The number of nitrogens with zero attached hydrogens (tertiary/aromatic N) is 3. The summed E-state index contributed by atoms with van der Waals surface area (Å²) in [5.74, 6) is 4.91. The van der Waals surface area contributed by atoms with Gasteiger partial charge in [0.25, 0.3) is 5.56 Å². The van der Waals surface area contributed by atoms with E-state index in [-0.39, 0.29) is 17.1 Å². The van der Waals surface area contributed by atoms with Crippen LogP contribution in [0, 0.1) is 11.8 Å². The normalized spacial score (nSPS) is 31.0. The lowest BCUT2D eigenvalue weighted by atomic mass is 9.93. The third kappa shape index (κ3) is 2.26. The first-order valence-electron chi connectivity index (χ1n) is 7.19. The molecule has 3 heterocycles. The van der Waals surface area contributed by atoms with Gasteiger partial charge in [-0.3, -0.25) is 14.3 Å². The molecule has 1 aliphatic rings. The summed E-state index contributed by atoms with van der Waals surface area (Å²) in [6, 6.07) is 0. The van der Waals surface area contributed by atoms with Crippen molar-refractivity contribution < 1.29 is 20.1 Å². The van der Waals surface area contributed by atoms with Gasteiger partial charge in [-0.15, -0.1) is 5.92 Å². The molecule has 1 saturated heterocycles. The molecule has 2 aromatic heterocycles. The fourth-order valence-corrected chi connectivity index (χ4v) is 2.83. The largest absolute Gasteiger partial charge is 0.391 e. The highest BCUT2D eigenvalue weighted by molar-refractivity contribution is 5.70. The summed E-state index contributed by atoms with van der Waals surface area (Å²) in [4.78, 5) is 22.1. The van der Waals surface area contributed by atoms with Crippen molar-refractivity contribution in [2.75, 3.05) is 5.73 Å². The van der Waals surface area contributed by atoms with Crippen LogP contribution in [0.1, 0.15) is 20.1 Å². The van der Waals surface area contributed by atoms with Gasteiger partial charge in [-0.2, -0.15) is 4.98 Å². The number of hydrogen-bond acceptors (Lipinski definition) is 8. The second-order valence-corrected chi connectivity index (χ2v) is 5.61. The third-order valence-electron chi connectivity index (χ3n) is 3.93. The quantitative estimate of drug-likeness (QED) is 0.398. The maximum atomic E-state index is 11.9. The molecule has 0 aliphatic carbocycles. The zero-order valence-corrected chi connectivity index (χ0v) is 13.0. The number of nitrogen functional groups attached to an aromatic ring is 1. The number of nitrogens with one attached hydrogen (secondary N) is 1. The predicted molar refractivity (Wildman–Crippen MR) is 82.6 cm³/mol. The summed E-state index contributed by atoms with van der Waals surface area (Å²) in [5, 5.41) is 31.0. The van der Waals surface area contributed by atoms with E-state index in [1.807, 2.05) is 0 Å². The minimum Gasteiger partial charge on any atom is -0.391 e. The fraction of sp³-hybridized carbons (Fsp3) is 0.500. The van der Waals surface area contributed by atoms with Crippen molar-refractivity contribution in [3.05, 3.63) is 16.7 Å². The third-order valence-corrected chi connectivity index (χ3v) is 3.93. The fourth-order valence-electron chi connectivity index (χ4n) is 2.83. The van der Waals surface area contributed by atoms with E-state index in [1.54, 1.807) is 0 Å². The van der Waals surface area contributed by atoms with Gasteiger partial charge in [0.05, 0.1) is 12.4 Å². The molecule has 0 radical (unpaired) electrons. The SMILES string of the molecule is CC#CC1(O)C(O)[C@@H]([C@@H](C)O)O[C@H]1n1cnc2c(=O)[nH]c(N)nc21. The molecule has 1 fully saturated rings. The van der Waals surface area contributed by atoms with Gasteiger partial charge in [-0.1, -0.05) is 5.92 Å². The molecule has 10 heteroatoms. The molecule has 24 heavy (non-hydrogen) atoms. The Bertz CT molecular complexity index is 894. The van der Waals surface area contributed by atoms with Crippen LogP contribution in [0.25, 0.3) is 11.2 Å². The average Bonchev–Trinajstić information content (AvgIpc) is 3.00. The van der Waals surface area contributed by atoms with Crippen LogP contribution in [0.4, 0.5) is 5.95 Å². The van der Waals surface area contributed by atoms with Crippen molar-refractivity contribution in [3.8, 4) is 11.8 Å². The number of rotatable bonds is 2. The zero-order chi connectivity index (χ0) is 17.6. The van der Waals surface area contributed by atoms with Crippen LogP contribution < -0.4 is 11.3 Å². The lowest BCUT2D eigenvalue weighted by Gasteiger charge is -2.26. The number of anilines is 1. The Balaban J connectivity index is 2.20. The Morgan fingerprint density at radius 3 is 2.92 bits per heavy atom. The van der Waals surface area contributed by atoms with Gasteiger partial charge in [-0.25, -0.2) is 4.98 Å². The highest BCUT2D eigenvalue weighted by Crippen LogP contribution is 2.40. The van der Waals surface area contributed by atoms with Crippen LogP contribution in [0.15, 0.2) is 11.1 Å². The summed E-state index contributed by atoms with van der Waals surface area (Å²) < 4.78 is 6.87. The molecule has 0 aromatic carbocycles. The summed E-state index contributed by atoms with van der Waals surface area (Å²) in [5.41, 5.74) is 3.04. The Hall–Kier alpha value is -2.45. The van der Waals surface area contributed by atoms with Gasteiger partial charge in [0.15, 0.2) is 23.0 Å². The first kappa shape index (κ1) is 16.4. The number of imidazole rings is 1. The maximum Gasteiger partial charge on any atom is 0.280 e. The highest BCUT2D eigenvalue weighted by Gasteiger charge is 2.57. The first-order valence-corrected chi connectivity index (χ1v) is 7.19. The Labute approximate surface area is 135 Å². The molecule has 2 aromatic rings. The lowest BCUT2D eigenvalue weighted by Crippen LogP contribution is -2.47. The van der Waals surface area contributed by atoms with E-state index < -0.39 is 35.7 Å². The number of aliphatic hydroxyl groups excluding tert-OH is 2. The van der Waals surface area contributed by atoms with E-state index in [9.17, 15) is 20.1 Å². The number of fused-ring (bicyclic) bond motifs is 1. The van der Waals surface area contributed by atoms with Crippen molar-refractivity contribution in [2.24, 2.45) is 0 Å². The molecule has 10 nitrogen and oxygen atoms in total. The minimum absolute atomic E-state index is 0.00501. The van der Waals surface area contributed by atoms with E-state index in [1.165, 1.54) is 24.7 Å². The molecule has 2 unspecified atom stereocenters. The van der Waals surface area contributed by atoms with Crippen LogP contribution in [0.2, 0.25) is 0 Å². The molecule has 0 saturated carbocycles. The van der Waals surface area contributed by atoms with Gasteiger partial charge in [0.1, 0.15) is 12.2 Å². The van der Waals surface area contributed by atoms with E-state index in [2.05, 4.69) is 26.8 Å². The molecule has 5 atom stereocenters. The number of ether oxygens (including phenoxy) is 1. The van der Waals surface area contributed by atoms with Gasteiger partial charge < -0.3 is 25.8 Å². The Morgan fingerprint density at radius 2 is 2.29 bits per heavy atom. The van der Waals surface area contributed by atoms with Gasteiger partial charge >= 0.3 is 0 Å². The number of aliphatic hydroxyl groups is 3. The van der Waals surface area contributed by atoms with Crippen molar-refractivity contribution >= 4 is 17.1 Å². The van der Waals surface area contributed by atoms with E-state index in [0.29, 0.717) is 0 Å². The summed E-state index contributed by atoms with van der Waals surface area (Å²) in [7, 11) is 0. The number of hydrogen-bond donors (Lipinski definition) is 5. The molecule has 0 amide bonds. The standard InChI is InChI=1S/C14H17N5O5/c1-3-4-14(23)9(21)8(6(2)20)24-12(14)19-5-16-7-10(19)17-13(15)18-11(7)22/h5-6,8-9,12,20-21,23H,1-2H3,(H3,15,17,18,22)/t6-,8-,9?,12-,14?/m1/s1. The van der Waals surface area contributed by atoms with Gasteiger partial charge in [0, 0.05) is 0 Å². The van der Waals surface area contributed by atoms with Crippen molar-refractivity contribution in [1.29, 1.82) is 0 Å². The number of nitrogens with two attached hydrogens (primary N) is 1. The van der Waals surface area contributed by atoms with Gasteiger partial charge in [0.2, 0.25) is 5.95 Å². The molecule has 1 aliphatic heterocycles. The summed E-state index contributed by atoms with van der Waals surface area (Å²) in [6.45, 7) is 2.91. The number of aromatic nitrogens is 4. The van der Waals surface area contributed by atoms with Crippen molar-refractivity contribution in [2.45, 2.75) is 44.0 Å². The summed E-state index contributed by atoms with van der Waals surface area (Å²) >= 11 is 0.